The lowest BCUT2D eigenvalue weighted by Gasteiger charge is -2.10. The van der Waals surface area contributed by atoms with E-state index in [1.54, 1.807) is 12.1 Å². The number of hydrogen-bond donors (Lipinski definition) is 2. The Morgan fingerprint density at radius 2 is 1.72 bits per heavy atom. The lowest BCUT2D eigenvalue weighted by atomic mass is 10.2. The summed E-state index contributed by atoms with van der Waals surface area (Å²) in [5.41, 5.74) is 2.27. The maximum absolute atomic E-state index is 12.0. The van der Waals surface area contributed by atoms with Gasteiger partial charge in [-0.3, -0.25) is 4.79 Å². The maximum atomic E-state index is 12.0. The molecule has 1 amide bonds. The number of ether oxygens (including phenoxy) is 1. The number of aromatic nitrogens is 2. The van der Waals surface area contributed by atoms with Crippen LogP contribution in [0.2, 0.25) is 0 Å². The molecule has 150 valence electrons. The molecule has 0 fully saturated rings. The number of carbonyl (C=O) groups excluding carboxylic acids is 1. The van der Waals surface area contributed by atoms with Crippen LogP contribution in [0.3, 0.4) is 0 Å². The van der Waals surface area contributed by atoms with E-state index in [1.165, 1.54) is 0 Å². The summed E-state index contributed by atoms with van der Waals surface area (Å²) in [5, 5.41) is 14.0. The molecule has 0 saturated carbocycles. The summed E-state index contributed by atoms with van der Waals surface area (Å²) in [6.07, 6.45) is 0. The molecular formula is C22H25N5O2. The zero-order valence-electron chi connectivity index (χ0n) is 16.6. The molecule has 0 aliphatic carbocycles. The van der Waals surface area contributed by atoms with E-state index < -0.39 is 0 Å². The fourth-order valence-electron chi connectivity index (χ4n) is 2.53. The summed E-state index contributed by atoms with van der Waals surface area (Å²) >= 11 is 0. The van der Waals surface area contributed by atoms with E-state index in [1.807, 2.05) is 73.6 Å². The molecule has 7 nitrogen and oxygen atoms in total. The van der Waals surface area contributed by atoms with Crippen LogP contribution >= 0.6 is 0 Å². The van der Waals surface area contributed by atoms with Crippen molar-refractivity contribution in [2.75, 3.05) is 32.5 Å². The standard InChI is InChI=1S/C22H25N5O2/c1-27(2)15-14-23-22(28)20-12-13-21(26-25-20)24-18-8-10-19(11-9-18)29-16-17-6-4-3-5-7-17/h3-13H,14-16H2,1-2H3,(H,23,28)(H,24,26). The number of hydrogen-bond acceptors (Lipinski definition) is 6. The molecule has 29 heavy (non-hydrogen) atoms. The van der Waals surface area contributed by atoms with Crippen molar-refractivity contribution in [3.63, 3.8) is 0 Å². The Hall–Kier alpha value is -3.45. The van der Waals surface area contributed by atoms with E-state index in [0.29, 0.717) is 24.7 Å². The predicted octanol–water partition coefficient (Wildman–Crippen LogP) is 3.09. The fourth-order valence-corrected chi connectivity index (χ4v) is 2.53. The van der Waals surface area contributed by atoms with Crippen molar-refractivity contribution >= 4 is 17.4 Å². The van der Waals surface area contributed by atoms with E-state index >= 15 is 0 Å². The largest absolute Gasteiger partial charge is 0.489 e. The third kappa shape index (κ3) is 6.58. The molecule has 1 heterocycles. The average Bonchev–Trinajstić information content (AvgIpc) is 2.74. The second kappa shape index (κ2) is 10.2. The first kappa shape index (κ1) is 20.3. The first-order chi connectivity index (χ1) is 14.1. The fraction of sp³-hybridized carbons (Fsp3) is 0.227. The number of anilines is 2. The van der Waals surface area contributed by atoms with Gasteiger partial charge in [0.1, 0.15) is 12.4 Å². The van der Waals surface area contributed by atoms with E-state index in [-0.39, 0.29) is 5.91 Å². The summed E-state index contributed by atoms with van der Waals surface area (Å²) < 4.78 is 5.78. The maximum Gasteiger partial charge on any atom is 0.271 e. The van der Waals surface area contributed by atoms with Crippen molar-refractivity contribution in [1.29, 1.82) is 0 Å². The molecule has 0 aliphatic rings. The van der Waals surface area contributed by atoms with Crippen LogP contribution in [0, 0.1) is 0 Å². The molecule has 0 atom stereocenters. The summed E-state index contributed by atoms with van der Waals surface area (Å²) in [7, 11) is 3.91. The van der Waals surface area contributed by atoms with Crippen LogP contribution < -0.4 is 15.4 Å². The van der Waals surface area contributed by atoms with Gasteiger partial charge < -0.3 is 20.3 Å². The van der Waals surface area contributed by atoms with Crippen molar-refractivity contribution in [2.45, 2.75) is 6.61 Å². The van der Waals surface area contributed by atoms with Gasteiger partial charge in [-0.1, -0.05) is 30.3 Å². The number of carbonyl (C=O) groups is 1. The van der Waals surface area contributed by atoms with Gasteiger partial charge in [0.15, 0.2) is 11.5 Å². The normalized spacial score (nSPS) is 10.6. The molecule has 2 N–H and O–H groups in total. The second-order valence-electron chi connectivity index (χ2n) is 6.79. The van der Waals surface area contributed by atoms with Crippen LogP contribution in [-0.2, 0) is 6.61 Å². The zero-order valence-corrected chi connectivity index (χ0v) is 16.6. The Bertz CT molecular complexity index is 897. The molecule has 7 heteroatoms. The highest BCUT2D eigenvalue weighted by molar-refractivity contribution is 5.92. The number of rotatable bonds is 9. The number of nitrogens with one attached hydrogen (secondary N) is 2. The highest BCUT2D eigenvalue weighted by Gasteiger charge is 2.08. The van der Waals surface area contributed by atoms with Crippen molar-refractivity contribution in [2.24, 2.45) is 0 Å². The van der Waals surface area contributed by atoms with Crippen LogP contribution in [-0.4, -0.2) is 48.2 Å². The van der Waals surface area contributed by atoms with E-state index in [4.69, 9.17) is 4.74 Å². The Labute approximate surface area is 170 Å². The Morgan fingerprint density at radius 1 is 0.966 bits per heavy atom. The van der Waals surface area contributed by atoms with Gasteiger partial charge in [-0.25, -0.2) is 0 Å². The Balaban J connectivity index is 1.50. The Morgan fingerprint density at radius 3 is 2.38 bits per heavy atom. The molecule has 0 spiro atoms. The zero-order chi connectivity index (χ0) is 20.5. The Kier molecular flexibility index (Phi) is 7.13. The summed E-state index contributed by atoms with van der Waals surface area (Å²) in [4.78, 5) is 14.0. The molecule has 0 saturated heterocycles. The third-order valence-corrected chi connectivity index (χ3v) is 4.12. The molecule has 0 unspecified atom stereocenters. The number of amides is 1. The van der Waals surface area contributed by atoms with Gasteiger partial charge in [0.25, 0.3) is 5.91 Å². The van der Waals surface area contributed by atoms with Crippen molar-refractivity contribution in [3.8, 4) is 5.75 Å². The average molecular weight is 391 g/mol. The molecule has 0 bridgehead atoms. The monoisotopic (exact) mass is 391 g/mol. The minimum Gasteiger partial charge on any atom is -0.489 e. The van der Waals surface area contributed by atoms with Gasteiger partial charge in [0.2, 0.25) is 0 Å². The highest BCUT2D eigenvalue weighted by atomic mass is 16.5. The predicted molar refractivity (Wildman–Crippen MR) is 113 cm³/mol. The summed E-state index contributed by atoms with van der Waals surface area (Å²) in [6, 6.07) is 21.0. The second-order valence-corrected chi connectivity index (χ2v) is 6.79. The quantitative estimate of drug-likeness (QED) is 0.584. The molecule has 0 radical (unpaired) electrons. The lowest BCUT2D eigenvalue weighted by molar-refractivity contribution is 0.0945. The van der Waals surface area contributed by atoms with E-state index in [0.717, 1.165) is 23.5 Å². The molecule has 1 aromatic heterocycles. The van der Waals surface area contributed by atoms with Gasteiger partial charge in [0.05, 0.1) is 0 Å². The van der Waals surface area contributed by atoms with E-state index in [9.17, 15) is 4.79 Å². The summed E-state index contributed by atoms with van der Waals surface area (Å²) in [6.45, 7) is 1.85. The lowest BCUT2D eigenvalue weighted by Crippen LogP contribution is -2.31. The first-order valence-corrected chi connectivity index (χ1v) is 9.40. The van der Waals surface area contributed by atoms with Gasteiger partial charge in [0, 0.05) is 18.8 Å². The minimum atomic E-state index is -0.231. The van der Waals surface area contributed by atoms with Crippen LogP contribution in [0.25, 0.3) is 0 Å². The van der Waals surface area contributed by atoms with Crippen molar-refractivity contribution < 1.29 is 9.53 Å². The third-order valence-electron chi connectivity index (χ3n) is 4.12. The smallest absolute Gasteiger partial charge is 0.271 e. The van der Waals surface area contributed by atoms with Crippen LogP contribution in [0.5, 0.6) is 5.75 Å². The number of benzene rings is 2. The van der Waals surface area contributed by atoms with E-state index in [2.05, 4.69) is 20.8 Å². The number of nitrogens with zero attached hydrogens (tertiary/aromatic N) is 3. The van der Waals surface area contributed by atoms with Crippen LogP contribution in [0.1, 0.15) is 16.1 Å². The van der Waals surface area contributed by atoms with Gasteiger partial charge in [-0.05, 0) is 56.1 Å². The SMILES string of the molecule is CN(C)CCNC(=O)c1ccc(Nc2ccc(OCc3ccccc3)cc2)nn1. The van der Waals surface area contributed by atoms with Crippen molar-refractivity contribution in [3.05, 3.63) is 78.0 Å². The topological polar surface area (TPSA) is 79.4 Å². The molecule has 3 aromatic rings. The van der Waals surface area contributed by atoms with Crippen LogP contribution in [0.4, 0.5) is 11.5 Å². The van der Waals surface area contributed by atoms with Crippen molar-refractivity contribution in [1.82, 2.24) is 20.4 Å². The van der Waals surface area contributed by atoms with Gasteiger partial charge in [-0.15, -0.1) is 10.2 Å². The van der Waals surface area contributed by atoms with Gasteiger partial charge >= 0.3 is 0 Å². The van der Waals surface area contributed by atoms with Crippen LogP contribution in [0.15, 0.2) is 66.7 Å². The molecule has 3 rings (SSSR count). The molecule has 2 aromatic carbocycles. The number of likely N-dealkylation sites (N-methyl/N-ethyl adjacent to an activating group) is 1. The van der Waals surface area contributed by atoms with Gasteiger partial charge in [-0.2, -0.15) is 0 Å². The molecule has 0 aliphatic heterocycles. The molecular weight excluding hydrogens is 366 g/mol. The highest BCUT2D eigenvalue weighted by Crippen LogP contribution is 2.19. The summed E-state index contributed by atoms with van der Waals surface area (Å²) in [5.74, 6) is 1.12. The minimum absolute atomic E-state index is 0.231. The first-order valence-electron chi connectivity index (χ1n) is 9.40.